The Morgan fingerprint density at radius 1 is 1.13 bits per heavy atom. The topological polar surface area (TPSA) is 112 Å². The summed E-state index contributed by atoms with van der Waals surface area (Å²) in [6.07, 6.45) is 0.991. The number of methoxy groups -OCH3 is 1. The van der Waals surface area contributed by atoms with Gasteiger partial charge >= 0.3 is 0 Å². The van der Waals surface area contributed by atoms with Crippen LogP contribution < -0.4 is 9.47 Å². The number of hydrogen-bond donors (Lipinski definition) is 2. The van der Waals surface area contributed by atoms with Crippen molar-refractivity contribution in [3.05, 3.63) is 53.5 Å². The zero-order valence-corrected chi connectivity index (χ0v) is 18.0. The molecule has 5 rings (SSSR count). The third-order valence-corrected chi connectivity index (χ3v) is 5.75. The molecule has 4 aromatic rings. The number of aliphatic hydroxyl groups is 2. The molecule has 0 saturated carbocycles. The van der Waals surface area contributed by atoms with E-state index in [2.05, 4.69) is 30.9 Å². The van der Waals surface area contributed by atoms with Gasteiger partial charge in [-0.05, 0) is 40.2 Å². The van der Waals surface area contributed by atoms with Gasteiger partial charge in [0.25, 0.3) is 0 Å². The van der Waals surface area contributed by atoms with Crippen LogP contribution in [0.1, 0.15) is 6.23 Å². The van der Waals surface area contributed by atoms with Crippen molar-refractivity contribution in [2.75, 3.05) is 13.7 Å². The van der Waals surface area contributed by atoms with E-state index in [1.807, 2.05) is 24.3 Å². The van der Waals surface area contributed by atoms with E-state index in [0.717, 1.165) is 15.4 Å². The van der Waals surface area contributed by atoms with Crippen molar-refractivity contribution in [2.45, 2.75) is 24.5 Å². The number of hydrogen-bond acceptors (Lipinski definition) is 8. The SMILES string of the molecule is COc1ncnc2c1ccn2[C@@H]1O[C@H](COc2ccc3cc(Br)cnc3c2)[C@@H](O)[C@H]1O. The number of rotatable bonds is 5. The lowest BCUT2D eigenvalue weighted by atomic mass is 10.1. The van der Waals surface area contributed by atoms with Gasteiger partial charge in [0.2, 0.25) is 5.88 Å². The van der Waals surface area contributed by atoms with Crippen LogP contribution in [-0.4, -0.2) is 61.8 Å². The first-order valence-corrected chi connectivity index (χ1v) is 10.4. The van der Waals surface area contributed by atoms with Crippen molar-refractivity contribution >= 4 is 37.9 Å². The quantitative estimate of drug-likeness (QED) is 0.442. The van der Waals surface area contributed by atoms with Gasteiger partial charge in [-0.1, -0.05) is 0 Å². The predicted molar refractivity (Wildman–Crippen MR) is 115 cm³/mol. The van der Waals surface area contributed by atoms with Crippen LogP contribution in [0.2, 0.25) is 0 Å². The Morgan fingerprint density at radius 3 is 2.84 bits per heavy atom. The molecule has 0 aliphatic carbocycles. The molecular weight excluding hydrogens is 468 g/mol. The zero-order valence-electron chi connectivity index (χ0n) is 16.4. The Kier molecular flexibility index (Phi) is 5.22. The minimum Gasteiger partial charge on any atom is -0.491 e. The number of benzene rings is 1. The summed E-state index contributed by atoms with van der Waals surface area (Å²) < 4.78 is 19.6. The first-order chi connectivity index (χ1) is 15.0. The van der Waals surface area contributed by atoms with Crippen molar-refractivity contribution in [2.24, 2.45) is 0 Å². The van der Waals surface area contributed by atoms with Crippen molar-refractivity contribution in [1.82, 2.24) is 19.5 Å². The highest BCUT2D eigenvalue weighted by Crippen LogP contribution is 2.34. The summed E-state index contributed by atoms with van der Waals surface area (Å²) in [5, 5.41) is 22.8. The predicted octanol–water partition coefficient (Wildman–Crippen LogP) is 2.45. The molecule has 1 aliphatic rings. The summed E-state index contributed by atoms with van der Waals surface area (Å²) in [6, 6.07) is 9.30. The monoisotopic (exact) mass is 486 g/mol. The molecule has 4 heterocycles. The minimum absolute atomic E-state index is 0.0638. The number of halogens is 1. The Bertz CT molecular complexity index is 1250. The number of aliphatic hydroxyl groups excluding tert-OH is 2. The van der Waals surface area contributed by atoms with E-state index >= 15 is 0 Å². The lowest BCUT2D eigenvalue weighted by Gasteiger charge is -2.17. The van der Waals surface area contributed by atoms with Gasteiger partial charge in [0, 0.05) is 28.3 Å². The highest BCUT2D eigenvalue weighted by atomic mass is 79.9. The Labute approximate surface area is 185 Å². The average molecular weight is 487 g/mol. The molecule has 1 aromatic carbocycles. The van der Waals surface area contributed by atoms with Crippen LogP contribution in [0.5, 0.6) is 11.6 Å². The van der Waals surface area contributed by atoms with Gasteiger partial charge in [0.1, 0.15) is 42.6 Å². The van der Waals surface area contributed by atoms with Crippen molar-refractivity contribution < 1.29 is 24.4 Å². The summed E-state index contributed by atoms with van der Waals surface area (Å²) in [7, 11) is 1.53. The smallest absolute Gasteiger partial charge is 0.225 e. The molecule has 4 atom stereocenters. The number of fused-ring (bicyclic) bond motifs is 2. The minimum atomic E-state index is -1.15. The number of aromatic nitrogens is 4. The zero-order chi connectivity index (χ0) is 21.5. The number of nitrogens with zero attached hydrogens (tertiary/aromatic N) is 4. The molecule has 10 heteroatoms. The lowest BCUT2D eigenvalue weighted by Crippen LogP contribution is -2.34. The third kappa shape index (κ3) is 3.61. The molecule has 0 radical (unpaired) electrons. The third-order valence-electron chi connectivity index (χ3n) is 5.31. The molecule has 1 aliphatic heterocycles. The highest BCUT2D eigenvalue weighted by molar-refractivity contribution is 9.10. The maximum atomic E-state index is 10.6. The van der Waals surface area contributed by atoms with Crippen LogP contribution in [0.15, 0.2) is 53.5 Å². The molecule has 2 N–H and O–H groups in total. The van der Waals surface area contributed by atoms with E-state index in [9.17, 15) is 10.2 Å². The first kappa shape index (κ1) is 20.1. The maximum absolute atomic E-state index is 10.6. The van der Waals surface area contributed by atoms with Gasteiger partial charge in [-0.3, -0.25) is 4.98 Å². The molecule has 160 valence electrons. The molecule has 3 aromatic heterocycles. The molecule has 0 spiro atoms. The van der Waals surface area contributed by atoms with Gasteiger partial charge in [0.15, 0.2) is 6.23 Å². The molecule has 0 unspecified atom stereocenters. The fourth-order valence-corrected chi connectivity index (χ4v) is 4.10. The molecule has 1 saturated heterocycles. The second kappa shape index (κ2) is 8.04. The average Bonchev–Trinajstić information content (AvgIpc) is 3.33. The summed E-state index contributed by atoms with van der Waals surface area (Å²) in [6.45, 7) is 0.0638. The molecule has 0 amide bonds. The Morgan fingerprint density at radius 2 is 2.00 bits per heavy atom. The Balaban J connectivity index is 1.34. The van der Waals surface area contributed by atoms with E-state index in [1.54, 1.807) is 23.0 Å². The van der Waals surface area contributed by atoms with Crippen LogP contribution in [0, 0.1) is 0 Å². The summed E-state index contributed by atoms with van der Waals surface area (Å²) in [5.74, 6) is 1.02. The number of pyridine rings is 1. The fraction of sp³-hybridized carbons (Fsp3) is 0.286. The van der Waals surface area contributed by atoms with Crippen molar-refractivity contribution in [1.29, 1.82) is 0 Å². The largest absolute Gasteiger partial charge is 0.491 e. The van der Waals surface area contributed by atoms with Gasteiger partial charge in [-0.15, -0.1) is 0 Å². The van der Waals surface area contributed by atoms with Crippen molar-refractivity contribution in [3.63, 3.8) is 0 Å². The van der Waals surface area contributed by atoms with Crippen LogP contribution in [0.3, 0.4) is 0 Å². The fourth-order valence-electron chi connectivity index (χ4n) is 3.75. The number of ether oxygens (including phenoxy) is 3. The van der Waals surface area contributed by atoms with Crippen LogP contribution in [0.4, 0.5) is 0 Å². The summed E-state index contributed by atoms with van der Waals surface area (Å²) in [4.78, 5) is 12.7. The Hall–Kier alpha value is -2.79. The molecule has 1 fully saturated rings. The lowest BCUT2D eigenvalue weighted by molar-refractivity contribution is -0.0471. The van der Waals surface area contributed by atoms with Gasteiger partial charge < -0.3 is 29.0 Å². The molecule has 9 nitrogen and oxygen atoms in total. The summed E-state index contributed by atoms with van der Waals surface area (Å²) in [5.41, 5.74) is 1.33. The van der Waals surface area contributed by atoms with E-state index in [4.69, 9.17) is 14.2 Å². The van der Waals surface area contributed by atoms with Crippen LogP contribution in [-0.2, 0) is 4.74 Å². The van der Waals surface area contributed by atoms with Gasteiger partial charge in [-0.2, -0.15) is 0 Å². The molecule has 31 heavy (non-hydrogen) atoms. The van der Waals surface area contributed by atoms with Crippen molar-refractivity contribution in [3.8, 4) is 11.6 Å². The van der Waals surface area contributed by atoms with Crippen LogP contribution >= 0.6 is 15.9 Å². The summed E-state index contributed by atoms with van der Waals surface area (Å²) >= 11 is 3.40. The standard InChI is InChI=1S/C21H19BrN4O5/c1-29-20-14-4-5-26(19(14)24-10-25-20)21-18(28)17(27)16(31-21)9-30-13-3-2-11-6-12(22)8-23-15(11)7-13/h2-8,10,16-18,21,27-28H,9H2,1H3/t16-,17-,18-,21-/m1/s1. The van der Waals surface area contributed by atoms with E-state index in [0.29, 0.717) is 22.7 Å². The maximum Gasteiger partial charge on any atom is 0.225 e. The van der Waals surface area contributed by atoms with E-state index in [1.165, 1.54) is 13.4 Å². The molecule has 0 bridgehead atoms. The molecular formula is C21H19BrN4O5. The highest BCUT2D eigenvalue weighted by Gasteiger charge is 2.44. The van der Waals surface area contributed by atoms with Gasteiger partial charge in [0.05, 0.1) is 18.0 Å². The first-order valence-electron chi connectivity index (χ1n) is 9.60. The second-order valence-electron chi connectivity index (χ2n) is 7.21. The second-order valence-corrected chi connectivity index (χ2v) is 8.12. The van der Waals surface area contributed by atoms with Crippen LogP contribution in [0.25, 0.3) is 21.9 Å². The van der Waals surface area contributed by atoms with Gasteiger partial charge in [-0.25, -0.2) is 9.97 Å². The van der Waals surface area contributed by atoms with E-state index < -0.39 is 24.5 Å². The normalized spacial score (nSPS) is 23.5. The van der Waals surface area contributed by atoms with E-state index in [-0.39, 0.29) is 6.61 Å².